The molecule has 0 bridgehead atoms. The second-order valence-corrected chi connectivity index (χ2v) is 4.69. The van der Waals surface area contributed by atoms with Crippen LogP contribution in [0.15, 0.2) is 18.2 Å². The van der Waals surface area contributed by atoms with Crippen molar-refractivity contribution in [1.29, 1.82) is 0 Å². The highest BCUT2D eigenvalue weighted by Crippen LogP contribution is 2.27. The van der Waals surface area contributed by atoms with Gasteiger partial charge >= 0.3 is 0 Å². The van der Waals surface area contributed by atoms with Gasteiger partial charge in [0.1, 0.15) is 11.2 Å². The first-order chi connectivity index (χ1) is 8.92. The molecule has 0 aliphatic carbocycles. The lowest BCUT2D eigenvalue weighted by Gasteiger charge is -2.20. The van der Waals surface area contributed by atoms with Gasteiger partial charge < -0.3 is 15.8 Å². The Bertz CT molecular complexity index is 524. The predicted octanol–water partition coefficient (Wildman–Crippen LogP) is 0.960. The summed E-state index contributed by atoms with van der Waals surface area (Å²) in [6.07, 6.45) is 0.401. The monoisotopic (exact) mass is 265 g/mol. The molecule has 1 aromatic rings. The van der Waals surface area contributed by atoms with Gasteiger partial charge in [0.2, 0.25) is 5.91 Å². The third kappa shape index (κ3) is 2.72. The molecule has 0 spiro atoms. The number of nitrogens with two attached hydrogens (primary N) is 1. The minimum absolute atomic E-state index is 0.124. The van der Waals surface area contributed by atoms with Gasteiger partial charge in [0.15, 0.2) is 0 Å². The molecule has 102 valence electrons. The van der Waals surface area contributed by atoms with Crippen molar-refractivity contribution in [3.05, 3.63) is 33.9 Å². The van der Waals surface area contributed by atoms with Crippen LogP contribution in [0.3, 0.4) is 0 Å². The van der Waals surface area contributed by atoms with Crippen LogP contribution >= 0.6 is 0 Å². The molecule has 1 aromatic carbocycles. The Kier molecular flexibility index (Phi) is 3.50. The van der Waals surface area contributed by atoms with Crippen molar-refractivity contribution >= 4 is 17.3 Å². The lowest BCUT2D eigenvalue weighted by atomic mass is 9.99. The van der Waals surface area contributed by atoms with Gasteiger partial charge in [-0.1, -0.05) is 6.07 Å². The quantitative estimate of drug-likeness (QED) is 0.625. The summed E-state index contributed by atoms with van der Waals surface area (Å²) in [6, 6.07) is 4.60. The molecule has 1 fully saturated rings. The molecule has 1 heterocycles. The van der Waals surface area contributed by atoms with Crippen LogP contribution in [0.4, 0.5) is 11.4 Å². The van der Waals surface area contributed by atoms with Crippen molar-refractivity contribution in [2.45, 2.75) is 18.9 Å². The van der Waals surface area contributed by atoms with E-state index in [0.29, 0.717) is 13.0 Å². The fourth-order valence-corrected chi connectivity index (χ4v) is 1.91. The van der Waals surface area contributed by atoms with Crippen LogP contribution in [0.1, 0.15) is 12.0 Å². The van der Waals surface area contributed by atoms with E-state index in [0.717, 1.165) is 5.56 Å². The van der Waals surface area contributed by atoms with Gasteiger partial charge in [-0.15, -0.1) is 0 Å². The molecule has 3 N–H and O–H groups in total. The summed E-state index contributed by atoms with van der Waals surface area (Å²) in [5.74, 6) is -0.461. The van der Waals surface area contributed by atoms with Crippen LogP contribution in [-0.2, 0) is 9.53 Å². The fourth-order valence-electron chi connectivity index (χ4n) is 1.91. The average Bonchev–Trinajstić information content (AvgIpc) is 2.79. The van der Waals surface area contributed by atoms with Crippen LogP contribution in [0, 0.1) is 17.0 Å². The zero-order valence-electron chi connectivity index (χ0n) is 10.5. The molecule has 1 aliphatic heterocycles. The number of nitro groups is 1. The van der Waals surface area contributed by atoms with Crippen LogP contribution < -0.4 is 11.1 Å². The summed E-state index contributed by atoms with van der Waals surface area (Å²) in [5, 5.41) is 13.5. The maximum Gasteiger partial charge on any atom is 0.293 e. The Morgan fingerprint density at radius 3 is 2.89 bits per heavy atom. The highest BCUT2D eigenvalue weighted by molar-refractivity contribution is 5.99. The summed E-state index contributed by atoms with van der Waals surface area (Å²) in [7, 11) is 0. The van der Waals surface area contributed by atoms with Crippen molar-refractivity contribution in [1.82, 2.24) is 0 Å². The SMILES string of the molecule is Cc1ccc(NC(=O)C2(N)CCOC2)c([N+](=O)[O-])c1. The second kappa shape index (κ2) is 4.94. The van der Waals surface area contributed by atoms with Crippen molar-refractivity contribution in [3.8, 4) is 0 Å². The number of aryl methyl sites for hydroxylation is 1. The number of carbonyl (C=O) groups is 1. The van der Waals surface area contributed by atoms with Crippen molar-refractivity contribution < 1.29 is 14.5 Å². The number of nitrogens with zero attached hydrogens (tertiary/aromatic N) is 1. The van der Waals surface area contributed by atoms with E-state index in [2.05, 4.69) is 5.32 Å². The largest absolute Gasteiger partial charge is 0.379 e. The average molecular weight is 265 g/mol. The molecule has 0 saturated carbocycles. The molecule has 7 heteroatoms. The van der Waals surface area contributed by atoms with Crippen LogP contribution in [0.2, 0.25) is 0 Å². The number of rotatable bonds is 3. The number of anilines is 1. The molecular formula is C12H15N3O4. The Labute approximate surface area is 109 Å². The summed E-state index contributed by atoms with van der Waals surface area (Å²) in [5.41, 5.74) is 5.54. The Hall–Kier alpha value is -1.99. The van der Waals surface area contributed by atoms with Crippen LogP contribution in [0.5, 0.6) is 0 Å². The number of hydrogen-bond donors (Lipinski definition) is 2. The third-order valence-corrected chi connectivity index (χ3v) is 3.10. The normalized spacial score (nSPS) is 22.2. The Balaban J connectivity index is 2.23. The third-order valence-electron chi connectivity index (χ3n) is 3.10. The summed E-state index contributed by atoms with van der Waals surface area (Å²) < 4.78 is 5.10. The number of carbonyl (C=O) groups excluding carboxylic acids is 1. The number of amides is 1. The van der Waals surface area contributed by atoms with Gasteiger partial charge in [-0.05, 0) is 25.0 Å². The summed E-state index contributed by atoms with van der Waals surface area (Å²) in [6.45, 7) is 2.28. The van der Waals surface area contributed by atoms with E-state index in [9.17, 15) is 14.9 Å². The zero-order valence-corrected chi connectivity index (χ0v) is 10.5. The zero-order chi connectivity index (χ0) is 14.0. The molecule has 1 amide bonds. The fraction of sp³-hybridized carbons (Fsp3) is 0.417. The lowest BCUT2D eigenvalue weighted by molar-refractivity contribution is -0.384. The molecule has 19 heavy (non-hydrogen) atoms. The summed E-state index contributed by atoms with van der Waals surface area (Å²) in [4.78, 5) is 22.5. The van der Waals surface area contributed by atoms with Gasteiger partial charge in [-0.3, -0.25) is 14.9 Å². The van der Waals surface area contributed by atoms with E-state index >= 15 is 0 Å². The van der Waals surface area contributed by atoms with Gasteiger partial charge in [-0.25, -0.2) is 0 Å². The van der Waals surface area contributed by atoms with E-state index in [4.69, 9.17) is 10.5 Å². The first-order valence-electron chi connectivity index (χ1n) is 5.85. The number of nitro benzene ring substituents is 1. The van der Waals surface area contributed by atoms with Gasteiger partial charge in [0, 0.05) is 12.7 Å². The number of benzene rings is 1. The van der Waals surface area contributed by atoms with E-state index in [1.165, 1.54) is 12.1 Å². The molecule has 1 aliphatic rings. The van der Waals surface area contributed by atoms with Gasteiger partial charge in [0.25, 0.3) is 5.69 Å². The van der Waals surface area contributed by atoms with Crippen molar-refractivity contribution in [2.24, 2.45) is 5.73 Å². The lowest BCUT2D eigenvalue weighted by Crippen LogP contribution is -2.51. The minimum Gasteiger partial charge on any atom is -0.379 e. The maximum atomic E-state index is 12.1. The van der Waals surface area contributed by atoms with Crippen molar-refractivity contribution in [3.63, 3.8) is 0 Å². The molecule has 1 atom stereocenters. The molecule has 0 radical (unpaired) electrons. The van der Waals surface area contributed by atoms with Gasteiger partial charge in [0.05, 0.1) is 11.5 Å². The van der Waals surface area contributed by atoms with Crippen molar-refractivity contribution in [2.75, 3.05) is 18.5 Å². The molecule has 7 nitrogen and oxygen atoms in total. The summed E-state index contributed by atoms with van der Waals surface area (Å²) >= 11 is 0. The number of hydrogen-bond acceptors (Lipinski definition) is 5. The molecule has 1 saturated heterocycles. The Morgan fingerprint density at radius 2 is 2.32 bits per heavy atom. The van der Waals surface area contributed by atoms with E-state index in [-0.39, 0.29) is 18.0 Å². The predicted molar refractivity (Wildman–Crippen MR) is 68.8 cm³/mol. The molecular weight excluding hydrogens is 250 g/mol. The number of nitrogens with one attached hydrogen (secondary N) is 1. The highest BCUT2D eigenvalue weighted by atomic mass is 16.6. The van der Waals surface area contributed by atoms with E-state index < -0.39 is 16.4 Å². The second-order valence-electron chi connectivity index (χ2n) is 4.69. The van der Waals surface area contributed by atoms with Crippen LogP contribution in [0.25, 0.3) is 0 Å². The highest BCUT2D eigenvalue weighted by Gasteiger charge is 2.38. The van der Waals surface area contributed by atoms with E-state index in [1.54, 1.807) is 13.0 Å². The molecule has 0 aromatic heterocycles. The molecule has 1 unspecified atom stereocenters. The topological polar surface area (TPSA) is 107 Å². The van der Waals surface area contributed by atoms with Crippen LogP contribution in [-0.4, -0.2) is 29.6 Å². The minimum atomic E-state index is -1.11. The number of ether oxygens (including phenoxy) is 1. The van der Waals surface area contributed by atoms with Gasteiger partial charge in [-0.2, -0.15) is 0 Å². The van der Waals surface area contributed by atoms with E-state index in [1.807, 2.05) is 0 Å². The maximum absolute atomic E-state index is 12.1. The molecule has 2 rings (SSSR count). The smallest absolute Gasteiger partial charge is 0.293 e. The Morgan fingerprint density at radius 1 is 1.58 bits per heavy atom. The first kappa shape index (κ1) is 13.4. The standard InChI is InChI=1S/C12H15N3O4/c1-8-2-3-9(10(6-8)15(17)18)14-11(16)12(13)4-5-19-7-12/h2-3,6H,4-5,7,13H2,1H3,(H,14,16). The first-order valence-corrected chi connectivity index (χ1v) is 5.85.